The molecule has 0 heterocycles. The molecular weight excluding hydrogens is 274 g/mol. The summed E-state index contributed by atoms with van der Waals surface area (Å²) in [6.07, 6.45) is 0.334. The summed E-state index contributed by atoms with van der Waals surface area (Å²) in [7, 11) is 11.7. The minimum atomic E-state index is -1.79. The molecule has 1 aromatic rings. The number of hydrogen-bond donors (Lipinski definition) is 0. The zero-order valence-corrected chi connectivity index (χ0v) is 11.1. The first-order valence-corrected chi connectivity index (χ1v) is 15.3. The average molecular weight is 282 g/mol. The molecule has 0 saturated carbocycles. The molecule has 0 aliphatic carbocycles. The van der Waals surface area contributed by atoms with Gasteiger partial charge in [-0.1, -0.05) is 0 Å². The van der Waals surface area contributed by atoms with Gasteiger partial charge in [0.2, 0.25) is 0 Å². The Balaban J connectivity index is 2.59. The Morgan fingerprint density at radius 3 is 2.36 bits per heavy atom. The monoisotopic (exact) mass is 280 g/mol. The van der Waals surface area contributed by atoms with Crippen LogP contribution in [0.3, 0.4) is 0 Å². The van der Waals surface area contributed by atoms with E-state index in [9.17, 15) is 0 Å². The van der Waals surface area contributed by atoms with Gasteiger partial charge < -0.3 is 0 Å². The normalized spacial score (nSPS) is 9.27. The van der Waals surface area contributed by atoms with Gasteiger partial charge >= 0.3 is 83.1 Å². The summed E-state index contributed by atoms with van der Waals surface area (Å²) in [5.41, 5.74) is 1.38. The first kappa shape index (κ1) is 9.98. The second-order valence-corrected chi connectivity index (χ2v) is 21.1. The second kappa shape index (κ2) is 5.53. The summed E-state index contributed by atoms with van der Waals surface area (Å²) in [5, 5.41) is 0. The molecule has 0 spiro atoms. The van der Waals surface area contributed by atoms with Crippen molar-refractivity contribution in [2.75, 3.05) is 0 Å². The van der Waals surface area contributed by atoms with E-state index in [1.54, 1.807) is 0 Å². The van der Waals surface area contributed by atoms with Crippen LogP contribution in [0.15, 0.2) is 30.3 Å². The molecule has 0 aliphatic rings. The van der Waals surface area contributed by atoms with Crippen LogP contribution in [-0.2, 0) is 24.0 Å². The van der Waals surface area contributed by atoms with Gasteiger partial charge in [-0.15, -0.1) is 0 Å². The fourth-order valence-electron chi connectivity index (χ4n) is 0.809. The van der Waals surface area contributed by atoms with Crippen molar-refractivity contribution in [3.05, 3.63) is 35.9 Å². The van der Waals surface area contributed by atoms with E-state index in [1.807, 2.05) is 6.07 Å². The molecule has 0 amide bonds. The average Bonchev–Trinajstić information content (AvgIpc) is 2.03. The van der Waals surface area contributed by atoms with E-state index in [-0.39, 0.29) is 0 Å². The standard InChI is InChI=1S/C7H8Si.2ClH.Zr/c8-6-7-4-2-1-3-5-7;;;/h1-5,8H,6H2;2*1H;/q;;;+2/p-2. The summed E-state index contributed by atoms with van der Waals surface area (Å²) in [6, 6.07) is 11.5. The van der Waals surface area contributed by atoms with Crippen LogP contribution in [0.25, 0.3) is 0 Å². The van der Waals surface area contributed by atoms with E-state index in [4.69, 9.17) is 17.0 Å². The van der Waals surface area contributed by atoms with Crippen LogP contribution < -0.4 is 0 Å². The summed E-state index contributed by atoms with van der Waals surface area (Å²) in [5.74, 6) is 0. The van der Waals surface area contributed by atoms with Crippen molar-refractivity contribution in [3.63, 3.8) is 0 Å². The van der Waals surface area contributed by atoms with Gasteiger partial charge in [0.25, 0.3) is 0 Å². The van der Waals surface area contributed by atoms with Gasteiger partial charge in [-0.3, -0.25) is 0 Å². The predicted octanol–water partition coefficient (Wildman–Crippen LogP) is 2.46. The Morgan fingerprint density at radius 2 is 1.82 bits per heavy atom. The fraction of sp³-hybridized carbons (Fsp3) is 0.143. The van der Waals surface area contributed by atoms with Crippen LogP contribution in [0.5, 0.6) is 0 Å². The van der Waals surface area contributed by atoms with E-state index < -0.39 is 18.0 Å². The Labute approximate surface area is 82.4 Å². The molecule has 0 bridgehead atoms. The molecule has 1 aromatic carbocycles. The van der Waals surface area contributed by atoms with Crippen molar-refractivity contribution in [2.45, 2.75) is 6.04 Å². The Hall–Kier alpha value is 0.900. The molecule has 0 unspecified atom stereocenters. The number of benzene rings is 1. The Morgan fingerprint density at radius 1 is 1.18 bits per heavy atom. The SMILES string of the molecule is [Cl][Zr]([Cl])=[SiH]Cc1ccccc1. The second-order valence-electron chi connectivity index (χ2n) is 2.18. The fourth-order valence-corrected chi connectivity index (χ4v) is 7.09. The van der Waals surface area contributed by atoms with Crippen LogP contribution in [0.1, 0.15) is 5.56 Å². The first-order chi connectivity index (χ1) is 5.29. The van der Waals surface area contributed by atoms with E-state index in [2.05, 4.69) is 24.3 Å². The van der Waals surface area contributed by atoms with Gasteiger partial charge in [0.15, 0.2) is 0 Å². The quantitative estimate of drug-likeness (QED) is 0.731. The molecule has 0 aromatic heterocycles. The van der Waals surface area contributed by atoms with Crippen molar-refractivity contribution in [2.24, 2.45) is 0 Å². The summed E-state index contributed by atoms with van der Waals surface area (Å²) >= 11 is -1.79. The summed E-state index contributed by atoms with van der Waals surface area (Å²) < 4.78 is 0. The van der Waals surface area contributed by atoms with Crippen molar-refractivity contribution in [3.8, 4) is 0 Å². The van der Waals surface area contributed by atoms with Crippen molar-refractivity contribution < 1.29 is 18.0 Å². The Kier molecular flexibility index (Phi) is 5.02. The molecule has 0 saturated heterocycles. The van der Waals surface area contributed by atoms with E-state index in [1.165, 1.54) is 5.56 Å². The first-order valence-electron chi connectivity index (χ1n) is 3.34. The maximum absolute atomic E-state index is 5.83. The molecule has 0 radical (unpaired) electrons. The summed E-state index contributed by atoms with van der Waals surface area (Å²) in [4.78, 5) is 0. The van der Waals surface area contributed by atoms with E-state index >= 15 is 0 Å². The molecule has 0 nitrogen and oxygen atoms in total. The minimum absolute atomic E-state index is 0.334. The van der Waals surface area contributed by atoms with Crippen molar-refractivity contribution in [1.29, 1.82) is 0 Å². The van der Waals surface area contributed by atoms with Crippen LogP contribution in [0.4, 0.5) is 0 Å². The number of hydrogen-bond acceptors (Lipinski definition) is 0. The van der Waals surface area contributed by atoms with E-state index in [0.717, 1.165) is 6.04 Å². The third-order valence-corrected chi connectivity index (χ3v) is 11.6. The predicted molar refractivity (Wildman–Crippen MR) is 49.0 cm³/mol. The molecule has 0 aliphatic heterocycles. The third-order valence-electron chi connectivity index (χ3n) is 1.33. The molecular formula is C7H8Cl2SiZr. The van der Waals surface area contributed by atoms with Gasteiger partial charge in [0, 0.05) is 0 Å². The topological polar surface area (TPSA) is 0 Å². The third kappa shape index (κ3) is 4.47. The van der Waals surface area contributed by atoms with Gasteiger partial charge in [0.05, 0.1) is 0 Å². The van der Waals surface area contributed by atoms with Gasteiger partial charge in [-0.2, -0.15) is 0 Å². The Bertz CT molecular complexity index is 244. The van der Waals surface area contributed by atoms with Crippen molar-refractivity contribution in [1.82, 2.24) is 0 Å². The number of rotatable bonds is 2. The molecule has 0 N–H and O–H groups in total. The van der Waals surface area contributed by atoms with E-state index in [0.29, 0.717) is 6.16 Å². The van der Waals surface area contributed by atoms with Crippen LogP contribution in [0, 0.1) is 0 Å². The molecule has 58 valence electrons. The zero-order valence-electron chi connectivity index (χ0n) is 5.93. The van der Waals surface area contributed by atoms with Gasteiger partial charge in [0.1, 0.15) is 0 Å². The van der Waals surface area contributed by atoms with Gasteiger partial charge in [-0.25, -0.2) is 0 Å². The van der Waals surface area contributed by atoms with Crippen LogP contribution >= 0.6 is 17.0 Å². The molecule has 4 heteroatoms. The molecule has 11 heavy (non-hydrogen) atoms. The summed E-state index contributed by atoms with van der Waals surface area (Å²) in [6.45, 7) is 0. The zero-order chi connectivity index (χ0) is 8.10. The maximum atomic E-state index is 5.83. The number of halogens is 2. The molecule has 0 fully saturated rings. The molecule has 0 atom stereocenters. The molecule has 1 rings (SSSR count). The van der Waals surface area contributed by atoms with Crippen molar-refractivity contribution >= 4 is 23.2 Å². The van der Waals surface area contributed by atoms with Crippen LogP contribution in [-0.4, -0.2) is 6.16 Å². The van der Waals surface area contributed by atoms with Gasteiger partial charge in [-0.05, 0) is 0 Å². The van der Waals surface area contributed by atoms with Crippen LogP contribution in [0.2, 0.25) is 0 Å².